The second-order valence-corrected chi connectivity index (χ2v) is 12.2. The van der Waals surface area contributed by atoms with Crippen LogP contribution in [-0.2, 0) is 4.79 Å². The number of anilines is 2. The first-order chi connectivity index (χ1) is 20.9. The first-order valence-corrected chi connectivity index (χ1v) is 16.1. The predicted molar refractivity (Wildman–Crippen MR) is 171 cm³/mol. The highest BCUT2D eigenvalue weighted by Crippen LogP contribution is 2.32. The maximum absolute atomic E-state index is 13.6. The van der Waals surface area contributed by atoms with Crippen LogP contribution in [0.25, 0.3) is 27.5 Å². The van der Waals surface area contributed by atoms with Gasteiger partial charge in [-0.1, -0.05) is 19.9 Å². The largest absolute Gasteiger partial charge is 0.350 e. The fourth-order valence-electron chi connectivity index (χ4n) is 5.27. The third-order valence-corrected chi connectivity index (χ3v) is 9.35. The van der Waals surface area contributed by atoms with Gasteiger partial charge in [0.25, 0.3) is 5.91 Å². The van der Waals surface area contributed by atoms with E-state index in [2.05, 4.69) is 46.4 Å². The smallest absolute Gasteiger partial charge is 0.251 e. The minimum atomic E-state index is -0.419. The van der Waals surface area contributed by atoms with Gasteiger partial charge in [0.15, 0.2) is 10.8 Å². The van der Waals surface area contributed by atoms with Gasteiger partial charge in [0.05, 0.1) is 28.0 Å². The molecule has 2 N–H and O–H groups in total. The summed E-state index contributed by atoms with van der Waals surface area (Å²) >= 11 is 2.99. The van der Waals surface area contributed by atoms with Gasteiger partial charge in [-0.25, -0.2) is 19.5 Å². The lowest BCUT2D eigenvalue weighted by molar-refractivity contribution is -0.118. The van der Waals surface area contributed by atoms with E-state index in [9.17, 15) is 9.59 Å². The van der Waals surface area contributed by atoms with Crippen molar-refractivity contribution in [1.29, 1.82) is 0 Å². The molecular formula is C30H33N9O2S2. The summed E-state index contributed by atoms with van der Waals surface area (Å²) in [5.74, 6) is 0.210. The molecule has 5 aromatic heterocycles. The summed E-state index contributed by atoms with van der Waals surface area (Å²) in [5, 5.41) is 14.9. The minimum absolute atomic E-state index is 0.148. The van der Waals surface area contributed by atoms with Gasteiger partial charge in [0.2, 0.25) is 5.91 Å². The van der Waals surface area contributed by atoms with Crippen molar-refractivity contribution in [3.8, 4) is 21.8 Å². The number of nitrogens with zero attached hydrogens (tertiary/aromatic N) is 7. The molecule has 2 amide bonds. The first-order valence-electron chi connectivity index (χ1n) is 14.3. The molecule has 0 aliphatic carbocycles. The lowest BCUT2D eigenvalue weighted by atomic mass is 10.0. The minimum Gasteiger partial charge on any atom is -0.350 e. The van der Waals surface area contributed by atoms with Crippen molar-refractivity contribution < 1.29 is 9.59 Å². The average molecular weight is 616 g/mol. The molecule has 1 fully saturated rings. The summed E-state index contributed by atoms with van der Waals surface area (Å²) in [5.41, 5.74) is 3.21. The summed E-state index contributed by atoms with van der Waals surface area (Å²) < 4.78 is 1.71. The van der Waals surface area contributed by atoms with E-state index >= 15 is 0 Å². The van der Waals surface area contributed by atoms with E-state index < -0.39 is 6.04 Å². The SMILES string of the molecule is CCN(CC)C(C)CNC(=O)c1cc(-c2cnn3ccc(-c4cccs4)nc23)nc(N2CC[C@H]2C(=O)Nc2nccs2)c1. The van der Waals surface area contributed by atoms with E-state index in [0.717, 1.165) is 23.7 Å². The lowest BCUT2D eigenvalue weighted by Crippen LogP contribution is -2.55. The summed E-state index contributed by atoms with van der Waals surface area (Å²) in [6.07, 6.45) is 5.93. The highest BCUT2D eigenvalue weighted by molar-refractivity contribution is 7.14. The van der Waals surface area contributed by atoms with Gasteiger partial charge >= 0.3 is 0 Å². The monoisotopic (exact) mass is 615 g/mol. The molecule has 0 bridgehead atoms. The topological polar surface area (TPSA) is 121 Å². The van der Waals surface area contributed by atoms with Crippen molar-refractivity contribution in [3.63, 3.8) is 0 Å². The van der Waals surface area contributed by atoms with Crippen molar-refractivity contribution in [2.45, 2.75) is 39.3 Å². The molecule has 0 spiro atoms. The van der Waals surface area contributed by atoms with Gasteiger partial charge in [-0.15, -0.1) is 22.7 Å². The molecule has 5 aromatic rings. The number of rotatable bonds is 11. The maximum atomic E-state index is 13.6. The van der Waals surface area contributed by atoms with E-state index in [1.54, 1.807) is 40.4 Å². The van der Waals surface area contributed by atoms with Crippen LogP contribution < -0.4 is 15.5 Å². The fourth-order valence-corrected chi connectivity index (χ4v) is 6.50. The molecule has 2 atom stereocenters. The van der Waals surface area contributed by atoms with E-state index in [-0.39, 0.29) is 17.9 Å². The van der Waals surface area contributed by atoms with Crippen LogP contribution in [0.4, 0.5) is 10.9 Å². The van der Waals surface area contributed by atoms with Gasteiger partial charge in [-0.05, 0) is 56.1 Å². The molecule has 13 heteroatoms. The zero-order chi connectivity index (χ0) is 29.9. The fraction of sp³-hybridized carbons (Fsp3) is 0.333. The van der Waals surface area contributed by atoms with Gasteiger partial charge in [0, 0.05) is 42.5 Å². The number of hydrogen-bond donors (Lipinski definition) is 2. The zero-order valence-electron chi connectivity index (χ0n) is 24.2. The molecule has 6 heterocycles. The number of nitrogens with one attached hydrogen (secondary N) is 2. The molecule has 1 saturated heterocycles. The number of carbonyl (C=O) groups excluding carboxylic acids is 2. The Kier molecular flexibility index (Phi) is 8.45. The van der Waals surface area contributed by atoms with Crippen molar-refractivity contribution in [1.82, 2.24) is 34.8 Å². The van der Waals surface area contributed by atoms with Gasteiger partial charge in [0.1, 0.15) is 11.9 Å². The zero-order valence-corrected chi connectivity index (χ0v) is 25.9. The number of likely N-dealkylation sites (N-methyl/N-ethyl adjacent to an activating group) is 1. The molecule has 1 unspecified atom stereocenters. The first kappa shape index (κ1) is 28.9. The second kappa shape index (κ2) is 12.6. The van der Waals surface area contributed by atoms with Gasteiger partial charge < -0.3 is 15.5 Å². The number of thiophene rings is 1. The summed E-state index contributed by atoms with van der Waals surface area (Å²) in [6, 6.07) is 9.27. The van der Waals surface area contributed by atoms with E-state index in [1.807, 2.05) is 40.1 Å². The molecular weight excluding hydrogens is 583 g/mol. The predicted octanol–water partition coefficient (Wildman–Crippen LogP) is 4.65. The van der Waals surface area contributed by atoms with Crippen LogP contribution in [0.15, 0.2) is 59.7 Å². The van der Waals surface area contributed by atoms with Crippen LogP contribution in [0.2, 0.25) is 0 Å². The Morgan fingerprint density at radius 3 is 2.67 bits per heavy atom. The third kappa shape index (κ3) is 6.01. The van der Waals surface area contributed by atoms with Crippen molar-refractivity contribution in [2.75, 3.05) is 36.4 Å². The Balaban J connectivity index is 1.35. The molecule has 222 valence electrons. The molecule has 1 aliphatic rings. The van der Waals surface area contributed by atoms with Crippen LogP contribution >= 0.6 is 22.7 Å². The Hall–Kier alpha value is -4.20. The molecule has 1 aliphatic heterocycles. The third-order valence-electron chi connectivity index (χ3n) is 7.77. The quantitative estimate of drug-likeness (QED) is 0.220. The molecule has 11 nitrogen and oxygen atoms in total. The molecule has 0 radical (unpaired) electrons. The number of hydrogen-bond acceptors (Lipinski definition) is 10. The van der Waals surface area contributed by atoms with Crippen molar-refractivity contribution in [2.24, 2.45) is 0 Å². The van der Waals surface area contributed by atoms with Crippen molar-refractivity contribution in [3.05, 3.63) is 65.2 Å². The van der Waals surface area contributed by atoms with Gasteiger partial charge in [-0.2, -0.15) is 5.10 Å². The lowest BCUT2D eigenvalue weighted by Gasteiger charge is -2.40. The van der Waals surface area contributed by atoms with Crippen LogP contribution in [0.3, 0.4) is 0 Å². The molecule has 0 saturated carbocycles. The molecule has 0 aromatic carbocycles. The summed E-state index contributed by atoms with van der Waals surface area (Å²) in [6.45, 7) is 9.31. The number of thiazole rings is 1. The number of carbonyl (C=O) groups is 2. The van der Waals surface area contributed by atoms with Crippen LogP contribution in [0.1, 0.15) is 37.6 Å². The number of aromatic nitrogens is 5. The number of amides is 2. The Labute approximate surface area is 257 Å². The summed E-state index contributed by atoms with van der Waals surface area (Å²) in [4.78, 5) is 46.0. The van der Waals surface area contributed by atoms with Crippen LogP contribution in [0, 0.1) is 0 Å². The number of pyridine rings is 1. The highest BCUT2D eigenvalue weighted by atomic mass is 32.1. The Bertz CT molecular complexity index is 1710. The van der Waals surface area contributed by atoms with E-state index in [4.69, 9.17) is 9.97 Å². The molecule has 43 heavy (non-hydrogen) atoms. The Morgan fingerprint density at radius 1 is 1.12 bits per heavy atom. The highest BCUT2D eigenvalue weighted by Gasteiger charge is 2.36. The molecule has 6 rings (SSSR count). The normalized spacial score (nSPS) is 15.4. The maximum Gasteiger partial charge on any atom is 0.251 e. The second-order valence-electron chi connectivity index (χ2n) is 10.3. The Morgan fingerprint density at radius 2 is 1.98 bits per heavy atom. The number of fused-ring (bicyclic) bond motifs is 1. The van der Waals surface area contributed by atoms with Gasteiger partial charge in [-0.3, -0.25) is 14.5 Å². The van der Waals surface area contributed by atoms with Crippen LogP contribution in [0.5, 0.6) is 0 Å². The van der Waals surface area contributed by atoms with E-state index in [1.165, 1.54) is 11.3 Å². The van der Waals surface area contributed by atoms with Crippen LogP contribution in [-0.4, -0.2) is 79.5 Å². The summed E-state index contributed by atoms with van der Waals surface area (Å²) in [7, 11) is 0. The standard InChI is InChI=1S/C30H33N9O2S2/c1-4-37(5-2)19(3)17-32-28(40)20-15-23(21-18-33-39-12-8-22(35-27(21)39)25-7-6-13-42-25)34-26(16-20)38-11-9-24(38)29(41)36-30-31-10-14-43-30/h6-8,10,12-16,18-19,24H,4-5,9,11,17H2,1-3H3,(H,32,40)(H,31,36,41)/t19?,24-/m0/s1. The van der Waals surface area contributed by atoms with E-state index in [0.29, 0.717) is 52.9 Å². The average Bonchev–Trinajstić information content (AvgIpc) is 3.78. The van der Waals surface area contributed by atoms with Crippen molar-refractivity contribution >= 4 is 51.1 Å².